The van der Waals surface area contributed by atoms with Crippen molar-refractivity contribution in [3.05, 3.63) is 45.2 Å². The summed E-state index contributed by atoms with van der Waals surface area (Å²) in [6, 6.07) is 3.47. The van der Waals surface area contributed by atoms with Crippen LogP contribution in [-0.4, -0.2) is 22.7 Å². The van der Waals surface area contributed by atoms with Gasteiger partial charge in [-0.3, -0.25) is 9.59 Å². The lowest BCUT2D eigenvalue weighted by Gasteiger charge is -2.23. The molecule has 1 aromatic heterocycles. The highest BCUT2D eigenvalue weighted by molar-refractivity contribution is 8.31. The van der Waals surface area contributed by atoms with Crippen LogP contribution in [-0.2, 0) is 8.67 Å². The number of carbonyl (C=O) groups excluding carboxylic acids is 1. The van der Waals surface area contributed by atoms with Crippen LogP contribution in [0.3, 0.4) is 0 Å². The van der Waals surface area contributed by atoms with Crippen molar-refractivity contribution < 1.29 is 16.3 Å². The Morgan fingerprint density at radius 2 is 2.00 bits per heavy atom. The summed E-state index contributed by atoms with van der Waals surface area (Å²) >= 11 is 0. The number of hydrogen-bond acceptors (Lipinski definition) is 4. The second kappa shape index (κ2) is 6.38. The predicted molar refractivity (Wildman–Crippen MR) is 96.8 cm³/mol. The largest absolute Gasteiger partial charge is 0.346 e. The van der Waals surface area contributed by atoms with Crippen molar-refractivity contribution in [2.24, 2.45) is 0 Å². The maximum Gasteiger partial charge on any atom is 0.261 e. The fourth-order valence-electron chi connectivity index (χ4n) is 3.50. The number of amides is 1. The third kappa shape index (κ3) is 3.29. The third-order valence-electron chi connectivity index (χ3n) is 5.01. The van der Waals surface area contributed by atoms with Gasteiger partial charge in [-0.2, -0.15) is 0 Å². The van der Waals surface area contributed by atoms with E-state index in [1.807, 2.05) is 17.6 Å². The highest BCUT2D eigenvalue weighted by Crippen LogP contribution is 2.68. The molecule has 1 aliphatic carbocycles. The summed E-state index contributed by atoms with van der Waals surface area (Å²) in [6.45, 7) is 0. The third-order valence-corrected chi connectivity index (χ3v) is 6.87. The first-order valence-electron chi connectivity index (χ1n) is 8.56. The lowest BCUT2D eigenvalue weighted by atomic mass is 9.86. The standard InChI is InChI=1S/C17H22N2O4S.2H2/c20-16(18-13-8-10-24(11-9-13)22-23-24)14-6-7-15(19-17(14)21)12-4-2-1-3-5-12;;/h6-8,10,12-13H,1-5,9,11H2,(H,18,20)(H,19,21);2*1H/t13-;;/m1../s1. The van der Waals surface area contributed by atoms with Gasteiger partial charge in [-0.25, -0.2) is 0 Å². The highest BCUT2D eigenvalue weighted by atomic mass is 32.3. The number of hydrogen-bond donors (Lipinski definition) is 2. The molecule has 4 rings (SSSR count). The molecule has 0 aromatic carbocycles. The molecule has 1 saturated carbocycles. The minimum atomic E-state index is -1.39. The van der Waals surface area contributed by atoms with Gasteiger partial charge >= 0.3 is 0 Å². The van der Waals surface area contributed by atoms with E-state index in [4.69, 9.17) is 8.67 Å². The Balaban J connectivity index is 0.00000121. The van der Waals surface area contributed by atoms with Crippen molar-refractivity contribution in [2.75, 3.05) is 5.75 Å². The van der Waals surface area contributed by atoms with Crippen molar-refractivity contribution in [3.63, 3.8) is 0 Å². The predicted octanol–water partition coefficient (Wildman–Crippen LogP) is 3.53. The molecule has 1 aromatic rings. The zero-order chi connectivity index (χ0) is 16.6. The summed E-state index contributed by atoms with van der Waals surface area (Å²) in [5, 5.41) is 4.80. The molecule has 1 atom stereocenters. The molecule has 3 heterocycles. The molecule has 0 bridgehead atoms. The van der Waals surface area contributed by atoms with Gasteiger partial charge in [0.05, 0.1) is 11.8 Å². The maximum atomic E-state index is 12.4. The van der Waals surface area contributed by atoms with Gasteiger partial charge in [0, 0.05) is 14.0 Å². The number of rotatable bonds is 3. The van der Waals surface area contributed by atoms with Crippen molar-refractivity contribution >= 4 is 16.5 Å². The smallest absolute Gasteiger partial charge is 0.261 e. The number of pyridine rings is 1. The van der Waals surface area contributed by atoms with Gasteiger partial charge in [0.25, 0.3) is 11.5 Å². The van der Waals surface area contributed by atoms with Crippen LogP contribution < -0.4 is 10.9 Å². The average Bonchev–Trinajstić information content (AvgIpc) is 3.37. The molecular weight excluding hydrogens is 328 g/mol. The van der Waals surface area contributed by atoms with Gasteiger partial charge in [-0.05, 0) is 43.4 Å². The molecule has 1 amide bonds. The Hall–Kier alpha value is -1.57. The molecule has 24 heavy (non-hydrogen) atoms. The monoisotopic (exact) mass is 354 g/mol. The van der Waals surface area contributed by atoms with Gasteiger partial charge in [-0.1, -0.05) is 27.9 Å². The minimum absolute atomic E-state index is 0. The Morgan fingerprint density at radius 1 is 1.21 bits per heavy atom. The Bertz CT molecular complexity index is 730. The Morgan fingerprint density at radius 3 is 2.62 bits per heavy atom. The summed E-state index contributed by atoms with van der Waals surface area (Å²) in [5.74, 6) is 0.873. The summed E-state index contributed by atoms with van der Waals surface area (Å²) in [7, 11) is -1.39. The molecule has 2 aliphatic heterocycles. The second-order valence-electron chi connectivity index (χ2n) is 6.69. The lowest BCUT2D eigenvalue weighted by molar-refractivity contribution is 0.0850. The van der Waals surface area contributed by atoms with E-state index in [1.54, 1.807) is 6.07 Å². The molecule has 1 spiro atoms. The van der Waals surface area contributed by atoms with Crippen LogP contribution in [0.25, 0.3) is 0 Å². The first-order chi connectivity index (χ1) is 11.7. The molecule has 0 unspecified atom stereocenters. The number of H-pyrrole nitrogens is 1. The van der Waals surface area contributed by atoms with Crippen molar-refractivity contribution in [1.82, 2.24) is 10.3 Å². The first kappa shape index (κ1) is 15.9. The number of carbonyl (C=O) groups is 1. The van der Waals surface area contributed by atoms with Gasteiger partial charge in [-0.15, -0.1) is 10.6 Å². The van der Waals surface area contributed by atoms with Gasteiger partial charge in [0.1, 0.15) is 5.56 Å². The van der Waals surface area contributed by atoms with Crippen LogP contribution in [0.5, 0.6) is 0 Å². The highest BCUT2D eigenvalue weighted by Gasteiger charge is 2.39. The van der Waals surface area contributed by atoms with Crippen LogP contribution in [0.1, 0.15) is 63.3 Å². The molecule has 7 heteroatoms. The van der Waals surface area contributed by atoms with Crippen LogP contribution >= 0.6 is 10.6 Å². The zero-order valence-corrected chi connectivity index (χ0v) is 14.3. The normalized spacial score (nSPS) is 26.9. The second-order valence-corrected chi connectivity index (χ2v) is 8.97. The van der Waals surface area contributed by atoms with Crippen LogP contribution in [0, 0.1) is 0 Å². The van der Waals surface area contributed by atoms with E-state index in [9.17, 15) is 9.59 Å². The Labute approximate surface area is 145 Å². The topological polar surface area (TPSA) is 87.0 Å². The van der Waals surface area contributed by atoms with Crippen molar-refractivity contribution in [3.8, 4) is 0 Å². The minimum Gasteiger partial charge on any atom is -0.346 e. The molecule has 134 valence electrons. The maximum absolute atomic E-state index is 12.4. The number of aromatic nitrogens is 1. The zero-order valence-electron chi connectivity index (χ0n) is 13.5. The van der Waals surface area contributed by atoms with Gasteiger partial charge < -0.3 is 10.3 Å². The van der Waals surface area contributed by atoms with Crippen LogP contribution in [0.4, 0.5) is 0 Å². The summed E-state index contributed by atoms with van der Waals surface area (Å²) < 4.78 is 9.99. The van der Waals surface area contributed by atoms with E-state index < -0.39 is 10.6 Å². The van der Waals surface area contributed by atoms with E-state index in [-0.39, 0.29) is 25.9 Å². The van der Waals surface area contributed by atoms with E-state index in [0.29, 0.717) is 5.92 Å². The van der Waals surface area contributed by atoms with Gasteiger partial charge in [0.15, 0.2) is 0 Å². The van der Waals surface area contributed by atoms with Crippen molar-refractivity contribution in [2.45, 2.75) is 50.5 Å². The van der Waals surface area contributed by atoms with E-state index in [0.717, 1.165) is 30.7 Å². The van der Waals surface area contributed by atoms with Gasteiger partial charge in [0.2, 0.25) is 0 Å². The molecule has 6 nitrogen and oxygen atoms in total. The number of aromatic amines is 1. The average molecular weight is 354 g/mol. The van der Waals surface area contributed by atoms with E-state index in [1.165, 1.54) is 19.3 Å². The molecule has 1 saturated heterocycles. The summed E-state index contributed by atoms with van der Waals surface area (Å²) in [4.78, 5) is 27.6. The van der Waals surface area contributed by atoms with Crippen molar-refractivity contribution in [1.29, 1.82) is 0 Å². The fourth-order valence-corrected chi connectivity index (χ4v) is 5.16. The summed E-state index contributed by atoms with van der Waals surface area (Å²) in [6.07, 6.45) is 8.57. The van der Waals surface area contributed by atoms with E-state index >= 15 is 0 Å². The number of nitrogens with one attached hydrogen (secondary N) is 2. The first-order valence-corrected chi connectivity index (χ1v) is 10.3. The van der Waals surface area contributed by atoms with E-state index in [2.05, 4.69) is 10.3 Å². The Kier molecular flexibility index (Phi) is 4.24. The molecule has 2 fully saturated rings. The SMILES string of the molecule is O=C(N[C@@H]1C=CS2(CC1)OO2)c1ccc(C2CCCCC2)[nH]c1=O.[HH].[HH]. The molecule has 3 aliphatic rings. The lowest BCUT2D eigenvalue weighted by Crippen LogP contribution is -2.38. The van der Waals surface area contributed by atoms with Crippen LogP contribution in [0.2, 0.25) is 0 Å². The molecule has 2 N–H and O–H groups in total. The fraction of sp³-hybridized carbons (Fsp3) is 0.529. The molecule has 0 radical (unpaired) electrons. The quantitative estimate of drug-likeness (QED) is 0.642. The van der Waals surface area contributed by atoms with Crippen LogP contribution in [0.15, 0.2) is 28.4 Å². The summed E-state index contributed by atoms with van der Waals surface area (Å²) in [5.41, 5.74) is 0.836. The molecular formula is C17H26N2O4S.